The Morgan fingerprint density at radius 1 is 1.44 bits per heavy atom. The maximum Gasteiger partial charge on any atom is 0.573 e. The van der Waals surface area contributed by atoms with E-state index in [0.717, 1.165) is 6.20 Å². The fourth-order valence-corrected chi connectivity index (χ4v) is 1.20. The third-order valence-electron chi connectivity index (χ3n) is 1.86. The Morgan fingerprint density at radius 3 is 2.50 bits per heavy atom. The number of hydrogen-bond donors (Lipinski definition) is 3. The Labute approximate surface area is 87.7 Å². The van der Waals surface area contributed by atoms with Crippen LogP contribution in [0.5, 0.6) is 5.75 Å². The fourth-order valence-electron chi connectivity index (χ4n) is 1.20. The maximum absolute atomic E-state index is 12.0. The molecule has 0 fully saturated rings. The number of hydrogen-bond acceptors (Lipinski definition) is 4. The van der Waals surface area contributed by atoms with Crippen molar-refractivity contribution < 1.29 is 23.0 Å². The van der Waals surface area contributed by atoms with E-state index in [2.05, 4.69) is 4.74 Å². The molecule has 8 heteroatoms. The first-order valence-corrected chi connectivity index (χ1v) is 4.19. The van der Waals surface area contributed by atoms with E-state index in [9.17, 15) is 18.0 Å². The average molecular weight is 238 g/mol. The topological polar surface area (TPSA) is 88.3 Å². The van der Waals surface area contributed by atoms with Crippen LogP contribution in [-0.2, 0) is 13.2 Å². The highest BCUT2D eigenvalue weighted by molar-refractivity contribution is 5.36. The SMILES string of the molecule is NCc1c(OC(F)(F)F)c[nH]c(=O)c1CO. The van der Waals surface area contributed by atoms with Gasteiger partial charge in [-0.05, 0) is 0 Å². The molecule has 1 aromatic rings. The Kier molecular flexibility index (Phi) is 3.55. The number of nitrogens with one attached hydrogen (secondary N) is 1. The van der Waals surface area contributed by atoms with Crippen LogP contribution in [-0.4, -0.2) is 16.5 Å². The lowest BCUT2D eigenvalue weighted by Crippen LogP contribution is -2.23. The third kappa shape index (κ3) is 2.74. The van der Waals surface area contributed by atoms with Gasteiger partial charge in [0.2, 0.25) is 0 Å². The molecule has 0 saturated heterocycles. The van der Waals surface area contributed by atoms with Gasteiger partial charge in [0.1, 0.15) is 0 Å². The first-order valence-electron chi connectivity index (χ1n) is 4.19. The summed E-state index contributed by atoms with van der Waals surface area (Å²) in [5.41, 5.74) is 4.11. The van der Waals surface area contributed by atoms with Crippen molar-refractivity contribution in [2.45, 2.75) is 19.5 Å². The zero-order chi connectivity index (χ0) is 12.3. The minimum absolute atomic E-state index is 0.163. The molecule has 0 amide bonds. The second kappa shape index (κ2) is 4.54. The summed E-state index contributed by atoms with van der Waals surface area (Å²) in [4.78, 5) is 13.2. The van der Waals surface area contributed by atoms with Crippen molar-refractivity contribution >= 4 is 0 Å². The molecule has 1 rings (SSSR count). The molecular weight excluding hydrogens is 229 g/mol. The standard InChI is InChI=1S/C8H9F3N2O3/c9-8(10,11)16-6-2-13-7(15)5(3-14)4(6)1-12/h2,14H,1,3,12H2,(H,13,15). The molecule has 0 unspecified atom stereocenters. The van der Waals surface area contributed by atoms with Gasteiger partial charge in [-0.3, -0.25) is 4.79 Å². The Hall–Kier alpha value is -1.54. The van der Waals surface area contributed by atoms with E-state index in [0.29, 0.717) is 0 Å². The summed E-state index contributed by atoms with van der Waals surface area (Å²) < 4.78 is 39.6. The molecule has 4 N–H and O–H groups in total. The first kappa shape index (κ1) is 12.5. The van der Waals surface area contributed by atoms with E-state index in [1.54, 1.807) is 0 Å². The summed E-state index contributed by atoms with van der Waals surface area (Å²) in [5, 5.41) is 8.84. The van der Waals surface area contributed by atoms with Crippen molar-refractivity contribution in [2.24, 2.45) is 5.73 Å². The minimum atomic E-state index is -4.88. The van der Waals surface area contributed by atoms with Gasteiger partial charge in [0, 0.05) is 18.3 Å². The van der Waals surface area contributed by atoms with Gasteiger partial charge >= 0.3 is 6.36 Å². The lowest BCUT2D eigenvalue weighted by molar-refractivity contribution is -0.275. The molecule has 1 heterocycles. The molecule has 0 aliphatic carbocycles. The van der Waals surface area contributed by atoms with Crippen LogP contribution >= 0.6 is 0 Å². The van der Waals surface area contributed by atoms with E-state index in [1.807, 2.05) is 4.98 Å². The molecule has 5 nitrogen and oxygen atoms in total. The van der Waals surface area contributed by atoms with Crippen molar-refractivity contribution in [1.29, 1.82) is 0 Å². The summed E-state index contributed by atoms with van der Waals surface area (Å²) in [6, 6.07) is 0. The highest BCUT2D eigenvalue weighted by Crippen LogP contribution is 2.26. The average Bonchev–Trinajstić information content (AvgIpc) is 2.18. The quantitative estimate of drug-likeness (QED) is 0.703. The van der Waals surface area contributed by atoms with Gasteiger partial charge in [0.05, 0.1) is 12.2 Å². The molecule has 0 radical (unpaired) electrons. The van der Waals surface area contributed by atoms with Crippen LogP contribution < -0.4 is 16.0 Å². The van der Waals surface area contributed by atoms with E-state index in [1.165, 1.54) is 0 Å². The number of H-pyrrole nitrogens is 1. The van der Waals surface area contributed by atoms with Crippen LogP contribution in [0.3, 0.4) is 0 Å². The molecule has 16 heavy (non-hydrogen) atoms. The predicted molar refractivity (Wildman–Crippen MR) is 47.6 cm³/mol. The van der Waals surface area contributed by atoms with Crippen LogP contribution in [0.1, 0.15) is 11.1 Å². The van der Waals surface area contributed by atoms with Crippen LogP contribution in [0.2, 0.25) is 0 Å². The zero-order valence-electron chi connectivity index (χ0n) is 7.97. The van der Waals surface area contributed by atoms with Gasteiger partial charge in [0.15, 0.2) is 5.75 Å². The smallest absolute Gasteiger partial charge is 0.404 e. The molecule has 0 bridgehead atoms. The van der Waals surface area contributed by atoms with Crippen molar-refractivity contribution in [3.63, 3.8) is 0 Å². The molecule has 0 aliphatic heterocycles. The summed E-state index contributed by atoms with van der Waals surface area (Å²) in [6.07, 6.45) is -4.12. The number of rotatable bonds is 3. The van der Waals surface area contributed by atoms with Gasteiger partial charge < -0.3 is 20.6 Å². The van der Waals surface area contributed by atoms with E-state index >= 15 is 0 Å². The lowest BCUT2D eigenvalue weighted by Gasteiger charge is -2.13. The highest BCUT2D eigenvalue weighted by Gasteiger charge is 2.32. The maximum atomic E-state index is 12.0. The van der Waals surface area contributed by atoms with Gasteiger partial charge in [-0.2, -0.15) is 0 Å². The molecule has 0 atom stereocenters. The number of pyridine rings is 1. The van der Waals surface area contributed by atoms with Crippen molar-refractivity contribution in [3.8, 4) is 5.75 Å². The van der Waals surface area contributed by atoms with E-state index in [-0.39, 0.29) is 17.7 Å². The molecular formula is C8H9F3N2O3. The monoisotopic (exact) mass is 238 g/mol. The number of aromatic nitrogens is 1. The van der Waals surface area contributed by atoms with Crippen LogP contribution in [0.4, 0.5) is 13.2 Å². The third-order valence-corrected chi connectivity index (χ3v) is 1.86. The molecule has 0 aliphatic rings. The second-order valence-corrected chi connectivity index (χ2v) is 2.85. The highest BCUT2D eigenvalue weighted by atomic mass is 19.4. The predicted octanol–water partition coefficient (Wildman–Crippen LogP) is 0.224. The number of aromatic amines is 1. The largest absolute Gasteiger partial charge is 0.573 e. The molecule has 0 aromatic carbocycles. The van der Waals surface area contributed by atoms with Crippen molar-refractivity contribution in [2.75, 3.05) is 0 Å². The molecule has 0 spiro atoms. The minimum Gasteiger partial charge on any atom is -0.404 e. The van der Waals surface area contributed by atoms with Gasteiger partial charge in [-0.15, -0.1) is 13.2 Å². The van der Waals surface area contributed by atoms with Crippen molar-refractivity contribution in [3.05, 3.63) is 27.7 Å². The summed E-state index contributed by atoms with van der Waals surface area (Å²) in [5.74, 6) is -0.612. The summed E-state index contributed by atoms with van der Waals surface area (Å²) in [7, 11) is 0. The second-order valence-electron chi connectivity index (χ2n) is 2.85. The number of aliphatic hydroxyl groups is 1. The number of nitrogens with two attached hydrogens (primary N) is 1. The number of halogens is 3. The Morgan fingerprint density at radius 2 is 2.06 bits per heavy atom. The van der Waals surface area contributed by atoms with E-state index in [4.69, 9.17) is 10.8 Å². The number of ether oxygens (including phenoxy) is 1. The fraction of sp³-hybridized carbons (Fsp3) is 0.375. The van der Waals surface area contributed by atoms with Crippen LogP contribution in [0, 0.1) is 0 Å². The van der Waals surface area contributed by atoms with Gasteiger partial charge in [-0.25, -0.2) is 0 Å². The molecule has 90 valence electrons. The number of aliphatic hydroxyl groups excluding tert-OH is 1. The molecule has 0 saturated carbocycles. The van der Waals surface area contributed by atoms with Crippen LogP contribution in [0.15, 0.2) is 11.0 Å². The number of alkyl halides is 3. The Bertz CT molecular complexity index is 428. The zero-order valence-corrected chi connectivity index (χ0v) is 7.97. The van der Waals surface area contributed by atoms with E-state index < -0.39 is 24.3 Å². The van der Waals surface area contributed by atoms with Crippen molar-refractivity contribution in [1.82, 2.24) is 4.98 Å². The van der Waals surface area contributed by atoms with Gasteiger partial charge in [0.25, 0.3) is 5.56 Å². The summed E-state index contributed by atoms with van der Waals surface area (Å²) in [6.45, 7) is -1.05. The van der Waals surface area contributed by atoms with Crippen LogP contribution in [0.25, 0.3) is 0 Å². The Balaban J connectivity index is 3.25. The first-order chi connectivity index (χ1) is 7.39. The summed E-state index contributed by atoms with van der Waals surface area (Å²) >= 11 is 0. The van der Waals surface area contributed by atoms with Gasteiger partial charge in [-0.1, -0.05) is 0 Å². The normalized spacial score (nSPS) is 11.6. The lowest BCUT2D eigenvalue weighted by atomic mass is 10.1. The molecule has 1 aromatic heterocycles.